The van der Waals surface area contributed by atoms with Gasteiger partial charge in [0.25, 0.3) is 0 Å². The molecule has 1 aliphatic rings. The maximum Gasteiger partial charge on any atom is 0.410 e. The van der Waals surface area contributed by atoms with Gasteiger partial charge in [-0.1, -0.05) is 6.07 Å². The van der Waals surface area contributed by atoms with Crippen molar-refractivity contribution in [3.63, 3.8) is 0 Å². The molecule has 1 saturated heterocycles. The van der Waals surface area contributed by atoms with Gasteiger partial charge in [-0.3, -0.25) is 0 Å². The van der Waals surface area contributed by atoms with Crippen LogP contribution in [0.5, 0.6) is 0 Å². The highest BCUT2D eigenvalue weighted by Crippen LogP contribution is 2.30. The lowest BCUT2D eigenvalue weighted by molar-refractivity contribution is 0.0198. The molecule has 0 unspecified atom stereocenters. The van der Waals surface area contributed by atoms with E-state index in [4.69, 9.17) is 4.74 Å². The number of ether oxygens (including phenoxy) is 1. The maximum absolute atomic E-state index is 15.0. The van der Waals surface area contributed by atoms with Crippen LogP contribution in [0.4, 0.5) is 29.6 Å². The first-order valence-corrected chi connectivity index (χ1v) is 14.8. The monoisotopic (exact) mass is 609 g/mol. The zero-order valence-electron chi connectivity index (χ0n) is 25.8. The molecule has 234 valence electrons. The molecule has 0 aliphatic carbocycles. The fraction of sp³-hybridized carbons (Fsp3) is 0.438. The van der Waals surface area contributed by atoms with Crippen LogP contribution < -0.4 is 10.6 Å². The van der Waals surface area contributed by atoms with Crippen LogP contribution in [0.15, 0.2) is 36.5 Å². The number of carbonyl (C=O) groups excluding carboxylic acids is 1. The second-order valence-corrected chi connectivity index (χ2v) is 12.4. The van der Waals surface area contributed by atoms with Crippen molar-refractivity contribution in [2.24, 2.45) is 0 Å². The lowest BCUT2D eigenvalue weighted by Gasteiger charge is -2.33. The number of nitrogens with one attached hydrogen (secondary N) is 2. The average Bonchev–Trinajstić information content (AvgIpc) is 3.29. The Labute approximate surface area is 254 Å². The van der Waals surface area contributed by atoms with Crippen LogP contribution in [0.2, 0.25) is 0 Å². The molecule has 2 aromatic carbocycles. The smallest absolute Gasteiger partial charge is 0.410 e. The van der Waals surface area contributed by atoms with Gasteiger partial charge in [-0.25, -0.2) is 32.9 Å². The number of piperidine rings is 1. The van der Waals surface area contributed by atoms with Crippen molar-refractivity contribution >= 4 is 28.8 Å². The van der Waals surface area contributed by atoms with E-state index >= 15 is 8.78 Å². The van der Waals surface area contributed by atoms with E-state index in [9.17, 15) is 9.18 Å². The molecule has 2 aromatic heterocycles. The molecule has 44 heavy (non-hydrogen) atoms. The molecule has 2 N–H and O–H groups in total. The summed E-state index contributed by atoms with van der Waals surface area (Å²) in [7, 11) is 0. The third kappa shape index (κ3) is 6.96. The minimum absolute atomic E-state index is 0.0207. The summed E-state index contributed by atoms with van der Waals surface area (Å²) in [4.78, 5) is 26.6. The lowest BCUT2D eigenvalue weighted by Crippen LogP contribution is -2.46. The molecule has 0 saturated carbocycles. The third-order valence-electron chi connectivity index (χ3n) is 7.50. The second kappa shape index (κ2) is 12.4. The molecule has 12 heteroatoms. The number of carbonyl (C=O) groups is 1. The van der Waals surface area contributed by atoms with Crippen molar-refractivity contribution in [3.05, 3.63) is 65.4 Å². The summed E-state index contributed by atoms with van der Waals surface area (Å²) < 4.78 is 52.3. The first-order chi connectivity index (χ1) is 20.8. The first-order valence-electron chi connectivity index (χ1n) is 14.8. The van der Waals surface area contributed by atoms with Crippen molar-refractivity contribution in [3.8, 4) is 11.3 Å². The van der Waals surface area contributed by atoms with Gasteiger partial charge in [0.2, 0.25) is 5.95 Å². The van der Waals surface area contributed by atoms with Gasteiger partial charge in [0.1, 0.15) is 28.5 Å². The number of amides is 1. The van der Waals surface area contributed by atoms with Crippen LogP contribution >= 0.6 is 0 Å². The summed E-state index contributed by atoms with van der Waals surface area (Å²) in [5.41, 5.74) is 1.23. The summed E-state index contributed by atoms with van der Waals surface area (Å²) in [5.74, 6) is -1.03. The SMILES string of the molecule is Cc1nc2c(F)cc(-c3nc(Nc4ccc(CNC5CCN(C(=O)OC(C)(C)C)CC5)c(F)c4)ncc3F)cc2n1C(C)C. The Bertz CT molecular complexity index is 1670. The Morgan fingerprint density at radius 1 is 1.05 bits per heavy atom. The van der Waals surface area contributed by atoms with Crippen LogP contribution in [-0.2, 0) is 11.3 Å². The number of hydrogen-bond acceptors (Lipinski definition) is 7. The first kappa shape index (κ1) is 31.2. The van der Waals surface area contributed by atoms with Gasteiger partial charge >= 0.3 is 6.09 Å². The van der Waals surface area contributed by atoms with E-state index in [2.05, 4.69) is 25.6 Å². The van der Waals surface area contributed by atoms with E-state index in [0.29, 0.717) is 42.2 Å². The highest BCUT2D eigenvalue weighted by molar-refractivity contribution is 5.83. The Kier molecular flexibility index (Phi) is 8.83. The van der Waals surface area contributed by atoms with Gasteiger partial charge in [-0.15, -0.1) is 0 Å². The van der Waals surface area contributed by atoms with E-state index in [1.54, 1.807) is 30.0 Å². The highest BCUT2D eigenvalue weighted by Gasteiger charge is 2.27. The zero-order valence-corrected chi connectivity index (χ0v) is 25.8. The van der Waals surface area contributed by atoms with Gasteiger partial charge in [0.15, 0.2) is 11.6 Å². The third-order valence-corrected chi connectivity index (χ3v) is 7.50. The van der Waals surface area contributed by atoms with E-state index in [1.807, 2.05) is 39.2 Å². The van der Waals surface area contributed by atoms with Crippen molar-refractivity contribution in [2.45, 2.75) is 78.6 Å². The molecule has 0 atom stereocenters. The normalized spacial score (nSPS) is 14.5. The molecule has 0 radical (unpaired) electrons. The minimum Gasteiger partial charge on any atom is -0.444 e. The average molecular weight is 610 g/mol. The van der Waals surface area contributed by atoms with Crippen molar-refractivity contribution < 1.29 is 22.7 Å². The number of aromatic nitrogens is 4. The quantitative estimate of drug-likeness (QED) is 0.232. The van der Waals surface area contributed by atoms with Crippen molar-refractivity contribution in [1.29, 1.82) is 0 Å². The Hall–Kier alpha value is -4.19. The van der Waals surface area contributed by atoms with Crippen LogP contribution in [-0.4, -0.2) is 55.2 Å². The summed E-state index contributed by atoms with van der Waals surface area (Å²) in [6.45, 7) is 12.7. The predicted octanol–water partition coefficient (Wildman–Crippen LogP) is 7.03. The number of fused-ring (bicyclic) bond motifs is 1. The predicted molar refractivity (Wildman–Crippen MR) is 163 cm³/mol. The number of halogens is 3. The van der Waals surface area contributed by atoms with E-state index < -0.39 is 23.1 Å². The van der Waals surface area contributed by atoms with Crippen LogP contribution in [0.25, 0.3) is 22.3 Å². The Morgan fingerprint density at radius 2 is 1.77 bits per heavy atom. The molecular weight excluding hydrogens is 571 g/mol. The summed E-state index contributed by atoms with van der Waals surface area (Å²) >= 11 is 0. The number of benzene rings is 2. The Morgan fingerprint density at radius 3 is 2.43 bits per heavy atom. The molecule has 5 rings (SSSR count). The van der Waals surface area contributed by atoms with E-state index in [0.717, 1.165) is 19.0 Å². The Balaban J connectivity index is 1.24. The molecule has 1 amide bonds. The second-order valence-electron chi connectivity index (χ2n) is 12.4. The number of nitrogens with zero attached hydrogens (tertiary/aromatic N) is 5. The van der Waals surface area contributed by atoms with Gasteiger partial charge in [-0.2, -0.15) is 0 Å². The summed E-state index contributed by atoms with van der Waals surface area (Å²) in [6.07, 6.45) is 2.16. The molecule has 0 spiro atoms. The summed E-state index contributed by atoms with van der Waals surface area (Å²) in [6, 6.07) is 7.70. The summed E-state index contributed by atoms with van der Waals surface area (Å²) in [5, 5.41) is 6.30. The topological polar surface area (TPSA) is 97.2 Å². The maximum atomic E-state index is 15.0. The van der Waals surface area contributed by atoms with Crippen molar-refractivity contribution in [1.82, 2.24) is 29.7 Å². The fourth-order valence-electron chi connectivity index (χ4n) is 5.43. The number of rotatable bonds is 7. The van der Waals surface area contributed by atoms with Gasteiger partial charge in [0.05, 0.1) is 11.7 Å². The van der Waals surface area contributed by atoms with Crippen LogP contribution in [0.3, 0.4) is 0 Å². The fourth-order valence-corrected chi connectivity index (χ4v) is 5.43. The molecule has 3 heterocycles. The van der Waals surface area contributed by atoms with Crippen molar-refractivity contribution in [2.75, 3.05) is 18.4 Å². The van der Waals surface area contributed by atoms with Gasteiger partial charge < -0.3 is 24.8 Å². The number of aryl methyl sites for hydroxylation is 1. The van der Waals surface area contributed by atoms with Crippen LogP contribution in [0.1, 0.15) is 64.9 Å². The highest BCUT2D eigenvalue weighted by atomic mass is 19.1. The number of hydrogen-bond donors (Lipinski definition) is 2. The largest absolute Gasteiger partial charge is 0.444 e. The van der Waals surface area contributed by atoms with Crippen LogP contribution in [0, 0.1) is 24.4 Å². The lowest BCUT2D eigenvalue weighted by atomic mass is 10.0. The molecule has 1 aliphatic heterocycles. The van der Waals surface area contributed by atoms with Gasteiger partial charge in [0, 0.05) is 48.5 Å². The minimum atomic E-state index is -0.717. The molecular formula is C32H38F3N7O2. The van der Waals surface area contributed by atoms with Gasteiger partial charge in [-0.05, 0) is 78.6 Å². The number of anilines is 2. The molecule has 0 bridgehead atoms. The zero-order chi connectivity index (χ0) is 31.8. The number of likely N-dealkylation sites (tertiary alicyclic amines) is 1. The molecule has 4 aromatic rings. The van der Waals surface area contributed by atoms with E-state index in [1.165, 1.54) is 12.1 Å². The number of imidazole rings is 1. The molecule has 1 fully saturated rings. The molecule has 9 nitrogen and oxygen atoms in total. The van der Waals surface area contributed by atoms with E-state index in [-0.39, 0.29) is 40.9 Å². The standard InChI is InChI=1S/C32H38F3N7O2/c1-18(2)42-19(3)38-29-25(34)13-21(14-27(29)42)28-26(35)17-37-30(40-28)39-23-8-7-20(24(33)15-23)16-36-22-9-11-41(12-10-22)31(43)44-32(4,5)6/h7-8,13-15,17-18,22,36H,9-12,16H2,1-6H3,(H,37,39,40).